The lowest BCUT2D eigenvalue weighted by atomic mass is 10.1. The summed E-state index contributed by atoms with van der Waals surface area (Å²) in [5.74, 6) is 0.750. The molecule has 0 aromatic heterocycles. The highest BCUT2D eigenvalue weighted by atomic mass is 79.9. The molecule has 1 aromatic rings. The number of methoxy groups -OCH3 is 1. The van der Waals surface area contributed by atoms with Gasteiger partial charge < -0.3 is 14.7 Å². The Balaban J connectivity index is 2.11. The second kappa shape index (κ2) is 5.85. The van der Waals surface area contributed by atoms with E-state index in [0.29, 0.717) is 6.54 Å². The first-order valence-corrected chi connectivity index (χ1v) is 6.74. The van der Waals surface area contributed by atoms with Crippen LogP contribution >= 0.6 is 15.9 Å². The lowest BCUT2D eigenvalue weighted by molar-refractivity contribution is 0.123. The number of hydrogen-bond acceptors (Lipinski definition) is 3. The third-order valence-corrected chi connectivity index (χ3v) is 3.67. The molecule has 1 aliphatic heterocycles. The number of rotatable bonds is 4. The van der Waals surface area contributed by atoms with Crippen molar-refractivity contribution in [3.05, 3.63) is 28.2 Å². The second-order valence-electron chi connectivity index (χ2n) is 4.41. The first-order chi connectivity index (χ1) is 8.20. The fourth-order valence-electron chi connectivity index (χ4n) is 2.27. The molecule has 17 heavy (non-hydrogen) atoms. The summed E-state index contributed by atoms with van der Waals surface area (Å²) in [6, 6.07) is 5.73. The van der Waals surface area contributed by atoms with Crippen LogP contribution < -0.4 is 4.74 Å². The van der Waals surface area contributed by atoms with Gasteiger partial charge >= 0.3 is 0 Å². The van der Waals surface area contributed by atoms with Gasteiger partial charge in [0.05, 0.1) is 13.2 Å². The first kappa shape index (κ1) is 12.9. The number of halogens is 1. The Bertz CT molecular complexity index is 378. The third-order valence-electron chi connectivity index (χ3n) is 3.18. The normalized spacial score (nSPS) is 18.3. The highest BCUT2D eigenvalue weighted by Gasteiger charge is 2.19. The Hall–Kier alpha value is -0.580. The van der Waals surface area contributed by atoms with Crippen molar-refractivity contribution < 1.29 is 9.84 Å². The van der Waals surface area contributed by atoms with Crippen molar-refractivity contribution in [2.24, 2.45) is 0 Å². The fraction of sp³-hybridized carbons (Fsp3) is 0.538. The molecule has 1 unspecified atom stereocenters. The summed E-state index contributed by atoms with van der Waals surface area (Å²) in [7, 11) is 1.63. The average Bonchev–Trinajstić information content (AvgIpc) is 2.81. The summed E-state index contributed by atoms with van der Waals surface area (Å²) < 4.78 is 6.25. The van der Waals surface area contributed by atoms with Crippen LogP contribution in [-0.2, 0) is 0 Å². The predicted molar refractivity (Wildman–Crippen MR) is 71.3 cm³/mol. The van der Waals surface area contributed by atoms with Crippen molar-refractivity contribution >= 4 is 15.9 Å². The van der Waals surface area contributed by atoms with Crippen molar-refractivity contribution in [1.29, 1.82) is 0 Å². The zero-order valence-electron chi connectivity index (χ0n) is 10.0. The van der Waals surface area contributed by atoms with E-state index in [1.165, 1.54) is 12.8 Å². The number of ether oxygens (including phenoxy) is 1. The summed E-state index contributed by atoms with van der Waals surface area (Å²) in [5.41, 5.74) is 0.855. The number of benzene rings is 1. The van der Waals surface area contributed by atoms with Crippen LogP contribution in [0.5, 0.6) is 5.75 Å². The minimum atomic E-state index is -0.486. The Morgan fingerprint density at radius 3 is 2.76 bits per heavy atom. The number of β-amino-alcohol motifs (C(OH)–C–C–N with tert-alkyl or cyclic N) is 1. The van der Waals surface area contributed by atoms with Crippen molar-refractivity contribution in [2.75, 3.05) is 26.7 Å². The van der Waals surface area contributed by atoms with Crippen LogP contribution in [0.4, 0.5) is 0 Å². The van der Waals surface area contributed by atoms with E-state index in [4.69, 9.17) is 4.74 Å². The maximum absolute atomic E-state index is 10.3. The molecule has 3 nitrogen and oxygen atoms in total. The molecule has 94 valence electrons. The topological polar surface area (TPSA) is 32.7 Å². The van der Waals surface area contributed by atoms with Gasteiger partial charge in [-0.3, -0.25) is 0 Å². The predicted octanol–water partition coefficient (Wildman–Crippen LogP) is 2.59. The summed E-state index contributed by atoms with van der Waals surface area (Å²) in [6.07, 6.45) is 1.99. The van der Waals surface area contributed by atoms with E-state index >= 15 is 0 Å². The number of aliphatic hydroxyl groups is 1. The molecule has 0 spiro atoms. The smallest absolute Gasteiger partial charge is 0.124 e. The van der Waals surface area contributed by atoms with Crippen LogP contribution in [-0.4, -0.2) is 36.8 Å². The van der Waals surface area contributed by atoms with E-state index in [9.17, 15) is 5.11 Å². The number of likely N-dealkylation sites (tertiary alicyclic amines) is 1. The standard InChI is InChI=1S/C13H18BrNO2/c1-17-13-5-4-10(14)8-11(13)12(16)9-15-6-2-3-7-15/h4-5,8,12,16H,2-3,6-7,9H2,1H3. The van der Waals surface area contributed by atoms with E-state index in [1.807, 2.05) is 18.2 Å². The van der Waals surface area contributed by atoms with Crippen LogP contribution in [0.1, 0.15) is 24.5 Å². The number of nitrogens with zero attached hydrogens (tertiary/aromatic N) is 1. The Labute approximate surface area is 111 Å². The van der Waals surface area contributed by atoms with Gasteiger partial charge in [0.15, 0.2) is 0 Å². The molecule has 0 bridgehead atoms. The van der Waals surface area contributed by atoms with Crippen molar-refractivity contribution in [3.8, 4) is 5.75 Å². The van der Waals surface area contributed by atoms with Crippen molar-refractivity contribution in [3.63, 3.8) is 0 Å². The molecule has 1 N–H and O–H groups in total. The summed E-state index contributed by atoms with van der Waals surface area (Å²) in [6.45, 7) is 2.87. The molecule has 4 heteroatoms. The zero-order valence-corrected chi connectivity index (χ0v) is 11.6. The highest BCUT2D eigenvalue weighted by Crippen LogP contribution is 2.29. The van der Waals surface area contributed by atoms with Gasteiger partial charge in [-0.25, -0.2) is 0 Å². The maximum atomic E-state index is 10.3. The van der Waals surface area contributed by atoms with Crippen LogP contribution in [0.3, 0.4) is 0 Å². The molecule has 2 rings (SSSR count). The summed E-state index contributed by atoms with van der Waals surface area (Å²) >= 11 is 3.43. The molecule has 1 fully saturated rings. The molecule has 1 atom stereocenters. The van der Waals surface area contributed by atoms with Crippen LogP contribution in [0, 0.1) is 0 Å². The molecule has 0 aliphatic carbocycles. The van der Waals surface area contributed by atoms with Gasteiger partial charge in [0.25, 0.3) is 0 Å². The Kier molecular flexibility index (Phi) is 4.42. The largest absolute Gasteiger partial charge is 0.496 e. The number of hydrogen-bond donors (Lipinski definition) is 1. The van der Waals surface area contributed by atoms with Gasteiger partial charge in [0, 0.05) is 16.6 Å². The fourth-order valence-corrected chi connectivity index (χ4v) is 2.65. The van der Waals surface area contributed by atoms with Gasteiger partial charge in [0.2, 0.25) is 0 Å². The molecule has 1 saturated heterocycles. The number of aliphatic hydroxyl groups excluding tert-OH is 1. The van der Waals surface area contributed by atoms with Crippen LogP contribution in [0.2, 0.25) is 0 Å². The molecule has 1 heterocycles. The van der Waals surface area contributed by atoms with Crippen LogP contribution in [0.25, 0.3) is 0 Å². The van der Waals surface area contributed by atoms with Gasteiger partial charge in [-0.2, -0.15) is 0 Å². The SMILES string of the molecule is COc1ccc(Br)cc1C(O)CN1CCCC1. The maximum Gasteiger partial charge on any atom is 0.124 e. The first-order valence-electron chi connectivity index (χ1n) is 5.94. The van der Waals surface area contributed by atoms with Gasteiger partial charge in [-0.1, -0.05) is 15.9 Å². The summed E-state index contributed by atoms with van der Waals surface area (Å²) in [4.78, 5) is 2.30. The minimum Gasteiger partial charge on any atom is -0.496 e. The lowest BCUT2D eigenvalue weighted by Crippen LogP contribution is -2.25. The van der Waals surface area contributed by atoms with Crippen LogP contribution in [0.15, 0.2) is 22.7 Å². The lowest BCUT2D eigenvalue weighted by Gasteiger charge is -2.21. The van der Waals surface area contributed by atoms with Gasteiger partial charge in [0.1, 0.15) is 5.75 Å². The minimum absolute atomic E-state index is 0.486. The molecular weight excluding hydrogens is 282 g/mol. The van der Waals surface area contributed by atoms with E-state index in [0.717, 1.165) is 28.9 Å². The van der Waals surface area contributed by atoms with E-state index in [1.54, 1.807) is 7.11 Å². The summed E-state index contributed by atoms with van der Waals surface area (Å²) in [5, 5.41) is 10.3. The average molecular weight is 300 g/mol. The molecule has 0 saturated carbocycles. The quantitative estimate of drug-likeness (QED) is 0.927. The molecule has 0 radical (unpaired) electrons. The van der Waals surface area contributed by atoms with E-state index < -0.39 is 6.10 Å². The third kappa shape index (κ3) is 3.21. The molecule has 1 aliphatic rings. The molecule has 0 amide bonds. The highest BCUT2D eigenvalue weighted by molar-refractivity contribution is 9.10. The van der Waals surface area contributed by atoms with Crippen molar-refractivity contribution in [1.82, 2.24) is 4.90 Å². The van der Waals surface area contributed by atoms with Gasteiger partial charge in [-0.05, 0) is 44.1 Å². The van der Waals surface area contributed by atoms with E-state index in [2.05, 4.69) is 20.8 Å². The zero-order chi connectivity index (χ0) is 12.3. The van der Waals surface area contributed by atoms with Crippen molar-refractivity contribution in [2.45, 2.75) is 18.9 Å². The molecular formula is C13H18BrNO2. The molecule has 1 aromatic carbocycles. The van der Waals surface area contributed by atoms with Gasteiger partial charge in [-0.15, -0.1) is 0 Å². The van der Waals surface area contributed by atoms with E-state index in [-0.39, 0.29) is 0 Å². The monoisotopic (exact) mass is 299 g/mol. The Morgan fingerprint density at radius 2 is 2.12 bits per heavy atom. The Morgan fingerprint density at radius 1 is 1.41 bits per heavy atom. The second-order valence-corrected chi connectivity index (χ2v) is 5.33.